The normalized spacial score (nSPS) is 26.2. The molecule has 0 saturated carbocycles. The summed E-state index contributed by atoms with van der Waals surface area (Å²) in [6, 6.07) is -0.811. The molecule has 6 nitrogen and oxygen atoms in total. The van der Waals surface area contributed by atoms with E-state index in [1.54, 1.807) is 0 Å². The summed E-state index contributed by atoms with van der Waals surface area (Å²) in [6.45, 7) is 4.09. The van der Waals surface area contributed by atoms with E-state index in [1.165, 1.54) is 0 Å². The first-order valence-corrected chi connectivity index (χ1v) is 5.93. The molecule has 0 bridgehead atoms. The molecule has 1 rings (SSSR count). The molecule has 6 heteroatoms. The van der Waals surface area contributed by atoms with Crippen LogP contribution in [0.4, 0.5) is 4.79 Å². The van der Waals surface area contributed by atoms with Crippen LogP contribution in [0.1, 0.15) is 32.6 Å². The number of hydrogen-bond acceptors (Lipinski definition) is 4. The smallest absolute Gasteiger partial charge is 0.318 e. The van der Waals surface area contributed by atoms with E-state index < -0.39 is 11.6 Å². The monoisotopic (exact) mass is 243 g/mol. The molecule has 0 radical (unpaired) electrons. The number of carbonyl (C=O) groups is 2. The largest absolute Gasteiger partial charge is 0.390 e. The Morgan fingerprint density at radius 2 is 2.12 bits per heavy atom. The van der Waals surface area contributed by atoms with E-state index in [0.717, 1.165) is 25.9 Å². The number of nitrogens with one attached hydrogen (secondary N) is 1. The Morgan fingerprint density at radius 3 is 2.76 bits per heavy atom. The van der Waals surface area contributed by atoms with Crippen LogP contribution >= 0.6 is 0 Å². The summed E-state index contributed by atoms with van der Waals surface area (Å²) >= 11 is 0. The standard InChI is InChI=1S/C11H21N3O3/c1-11(17)4-2-6-14(8-5-11)7-3-9(15)13-10(12)16/h17H,2-8H2,1H3,(H3,12,13,15,16). The van der Waals surface area contributed by atoms with Crippen LogP contribution in [0.25, 0.3) is 0 Å². The molecule has 1 fully saturated rings. The van der Waals surface area contributed by atoms with Crippen LogP contribution in [-0.4, -0.2) is 47.2 Å². The van der Waals surface area contributed by atoms with Gasteiger partial charge in [-0.15, -0.1) is 0 Å². The van der Waals surface area contributed by atoms with Crippen molar-refractivity contribution in [2.75, 3.05) is 19.6 Å². The molecule has 98 valence electrons. The van der Waals surface area contributed by atoms with E-state index in [2.05, 4.69) is 4.90 Å². The summed E-state index contributed by atoms with van der Waals surface area (Å²) in [5.41, 5.74) is 4.25. The van der Waals surface area contributed by atoms with Crippen molar-refractivity contribution in [3.05, 3.63) is 0 Å². The summed E-state index contributed by atoms with van der Waals surface area (Å²) < 4.78 is 0. The highest BCUT2D eigenvalue weighted by Gasteiger charge is 2.24. The summed E-state index contributed by atoms with van der Waals surface area (Å²) in [6.07, 6.45) is 2.68. The van der Waals surface area contributed by atoms with Crippen molar-refractivity contribution in [1.82, 2.24) is 10.2 Å². The Kier molecular flexibility index (Phi) is 4.89. The molecule has 1 aliphatic rings. The maximum Gasteiger partial charge on any atom is 0.318 e. The molecular formula is C11H21N3O3. The van der Waals surface area contributed by atoms with Crippen LogP contribution in [-0.2, 0) is 4.79 Å². The van der Waals surface area contributed by atoms with Crippen LogP contribution in [0.5, 0.6) is 0 Å². The van der Waals surface area contributed by atoms with E-state index in [4.69, 9.17) is 5.73 Å². The zero-order valence-corrected chi connectivity index (χ0v) is 10.2. The lowest BCUT2D eigenvalue weighted by Crippen LogP contribution is -2.37. The number of primary amides is 1. The van der Waals surface area contributed by atoms with E-state index in [-0.39, 0.29) is 12.3 Å². The average molecular weight is 243 g/mol. The first-order chi connectivity index (χ1) is 7.89. The lowest BCUT2D eigenvalue weighted by molar-refractivity contribution is -0.120. The topological polar surface area (TPSA) is 95.7 Å². The number of carbonyl (C=O) groups excluding carboxylic acids is 2. The molecule has 1 aliphatic heterocycles. The molecule has 1 saturated heterocycles. The average Bonchev–Trinajstić information content (AvgIpc) is 2.35. The van der Waals surface area contributed by atoms with Gasteiger partial charge in [0.1, 0.15) is 0 Å². The summed E-state index contributed by atoms with van der Waals surface area (Å²) in [4.78, 5) is 23.8. The number of aliphatic hydroxyl groups is 1. The molecule has 1 unspecified atom stereocenters. The van der Waals surface area contributed by atoms with Gasteiger partial charge in [0.15, 0.2) is 0 Å². The maximum atomic E-state index is 11.2. The van der Waals surface area contributed by atoms with Crippen LogP contribution in [0, 0.1) is 0 Å². The molecule has 1 heterocycles. The highest BCUT2D eigenvalue weighted by molar-refractivity contribution is 5.93. The highest BCUT2D eigenvalue weighted by atomic mass is 16.3. The van der Waals surface area contributed by atoms with E-state index in [1.807, 2.05) is 12.2 Å². The van der Waals surface area contributed by atoms with Gasteiger partial charge in [0.05, 0.1) is 5.60 Å². The highest BCUT2D eigenvalue weighted by Crippen LogP contribution is 2.21. The minimum Gasteiger partial charge on any atom is -0.390 e. The van der Waals surface area contributed by atoms with Gasteiger partial charge in [0.25, 0.3) is 0 Å². The second-order valence-corrected chi connectivity index (χ2v) is 4.85. The molecule has 0 spiro atoms. The fraction of sp³-hybridized carbons (Fsp3) is 0.818. The lowest BCUT2D eigenvalue weighted by Gasteiger charge is -2.22. The summed E-state index contributed by atoms with van der Waals surface area (Å²) in [7, 11) is 0. The number of nitrogens with two attached hydrogens (primary N) is 1. The number of hydrogen-bond donors (Lipinski definition) is 3. The molecule has 17 heavy (non-hydrogen) atoms. The second kappa shape index (κ2) is 5.97. The summed E-state index contributed by atoms with van der Waals surface area (Å²) in [5.74, 6) is -0.353. The van der Waals surface area contributed by atoms with Crippen molar-refractivity contribution in [3.63, 3.8) is 0 Å². The number of imide groups is 1. The van der Waals surface area contributed by atoms with Crippen molar-refractivity contribution >= 4 is 11.9 Å². The Balaban J connectivity index is 2.28. The van der Waals surface area contributed by atoms with Gasteiger partial charge < -0.3 is 15.7 Å². The van der Waals surface area contributed by atoms with Crippen molar-refractivity contribution in [1.29, 1.82) is 0 Å². The summed E-state index contributed by atoms with van der Waals surface area (Å²) in [5, 5.41) is 11.9. The Morgan fingerprint density at radius 1 is 1.41 bits per heavy atom. The number of rotatable bonds is 3. The van der Waals surface area contributed by atoms with Crippen LogP contribution in [0.15, 0.2) is 0 Å². The van der Waals surface area contributed by atoms with Crippen molar-refractivity contribution in [3.8, 4) is 0 Å². The molecule has 0 aromatic carbocycles. The van der Waals surface area contributed by atoms with Gasteiger partial charge >= 0.3 is 6.03 Å². The number of likely N-dealkylation sites (tertiary alicyclic amines) is 1. The van der Waals surface area contributed by atoms with Crippen molar-refractivity contribution < 1.29 is 14.7 Å². The lowest BCUT2D eigenvalue weighted by atomic mass is 9.98. The second-order valence-electron chi connectivity index (χ2n) is 4.85. The van der Waals surface area contributed by atoms with E-state index in [9.17, 15) is 14.7 Å². The van der Waals surface area contributed by atoms with Gasteiger partial charge in [-0.1, -0.05) is 0 Å². The van der Waals surface area contributed by atoms with Crippen LogP contribution in [0.3, 0.4) is 0 Å². The maximum absolute atomic E-state index is 11.2. The molecule has 0 aromatic heterocycles. The van der Waals surface area contributed by atoms with Crippen molar-refractivity contribution in [2.45, 2.75) is 38.2 Å². The third-order valence-corrected chi connectivity index (χ3v) is 3.07. The Bertz CT molecular complexity index is 292. The number of nitrogens with zero attached hydrogens (tertiary/aromatic N) is 1. The molecule has 3 amide bonds. The minimum atomic E-state index is -0.811. The third-order valence-electron chi connectivity index (χ3n) is 3.07. The zero-order valence-electron chi connectivity index (χ0n) is 10.2. The SMILES string of the molecule is CC1(O)CCCN(CCC(=O)NC(N)=O)CC1. The van der Waals surface area contributed by atoms with Gasteiger partial charge in [-0.3, -0.25) is 10.1 Å². The third kappa shape index (κ3) is 5.65. The number of urea groups is 1. The van der Waals surface area contributed by atoms with Crippen LogP contribution in [0.2, 0.25) is 0 Å². The van der Waals surface area contributed by atoms with Crippen molar-refractivity contribution in [2.24, 2.45) is 5.73 Å². The van der Waals surface area contributed by atoms with Crippen LogP contribution < -0.4 is 11.1 Å². The van der Waals surface area contributed by atoms with Gasteiger partial charge in [-0.2, -0.15) is 0 Å². The molecular weight excluding hydrogens is 222 g/mol. The first kappa shape index (κ1) is 13.9. The quantitative estimate of drug-likeness (QED) is 0.640. The zero-order chi connectivity index (χ0) is 12.9. The van der Waals surface area contributed by atoms with Gasteiger partial charge in [0.2, 0.25) is 5.91 Å². The fourth-order valence-corrected chi connectivity index (χ4v) is 2.00. The molecule has 0 aromatic rings. The van der Waals surface area contributed by atoms with E-state index >= 15 is 0 Å². The van der Waals surface area contributed by atoms with Gasteiger partial charge in [0, 0.05) is 19.5 Å². The first-order valence-electron chi connectivity index (χ1n) is 5.93. The number of amides is 3. The molecule has 4 N–H and O–H groups in total. The Labute approximate surface area is 101 Å². The van der Waals surface area contributed by atoms with Gasteiger partial charge in [-0.25, -0.2) is 4.79 Å². The Hall–Kier alpha value is -1.14. The predicted octanol–water partition coefficient (Wildman–Crippen LogP) is -0.192. The molecule has 0 aliphatic carbocycles. The van der Waals surface area contributed by atoms with E-state index in [0.29, 0.717) is 13.0 Å². The molecule has 1 atom stereocenters. The minimum absolute atomic E-state index is 0.255. The predicted molar refractivity (Wildman–Crippen MR) is 63.3 cm³/mol. The fourth-order valence-electron chi connectivity index (χ4n) is 2.00. The van der Waals surface area contributed by atoms with Gasteiger partial charge in [-0.05, 0) is 32.7 Å².